The fourth-order valence-corrected chi connectivity index (χ4v) is 5.00. The number of carboxylic acids is 1. The molecule has 1 amide bonds. The third-order valence-corrected chi connectivity index (χ3v) is 10.1. The molecule has 0 aliphatic carbocycles. The van der Waals surface area contributed by atoms with Crippen molar-refractivity contribution in [1.82, 2.24) is 4.57 Å². The fraction of sp³-hybridized carbons (Fsp3) is 0.812. The number of carbonyl (C=O) groups excluding carboxylic acids is 2. The lowest BCUT2D eigenvalue weighted by Crippen LogP contribution is -2.75. The lowest BCUT2D eigenvalue weighted by Gasteiger charge is -2.56. The molecule has 132 valence electrons. The number of β-lactam (4-membered cyclic amide) rings is 1. The summed E-state index contributed by atoms with van der Waals surface area (Å²) in [5, 5.41) is 9.38. The molecule has 1 aliphatic heterocycles. The Balaban J connectivity index is 2.97. The average molecular weight is 343 g/mol. The zero-order valence-corrected chi connectivity index (χ0v) is 16.4. The molecule has 7 heteroatoms. The molecule has 1 fully saturated rings. The van der Waals surface area contributed by atoms with Gasteiger partial charge in [-0.25, -0.2) is 4.79 Å². The van der Waals surface area contributed by atoms with Gasteiger partial charge in [0.1, 0.15) is 11.6 Å². The summed E-state index contributed by atoms with van der Waals surface area (Å²) in [6, 6.07) is -0.934. The first-order valence-electron chi connectivity index (χ1n) is 7.87. The molecule has 0 saturated carbocycles. The normalized spacial score (nSPS) is 22.6. The summed E-state index contributed by atoms with van der Waals surface area (Å²) >= 11 is 0. The van der Waals surface area contributed by atoms with E-state index in [-0.39, 0.29) is 17.4 Å². The number of ether oxygens (including phenoxy) is 1. The molecule has 6 nitrogen and oxygen atoms in total. The second-order valence-corrected chi connectivity index (χ2v) is 13.8. The highest BCUT2D eigenvalue weighted by molar-refractivity contribution is 6.80. The number of hydrogen-bond donors (Lipinski definition) is 1. The van der Waals surface area contributed by atoms with E-state index < -0.39 is 37.7 Å². The third kappa shape index (κ3) is 3.94. The van der Waals surface area contributed by atoms with Gasteiger partial charge in [-0.2, -0.15) is 0 Å². The summed E-state index contributed by atoms with van der Waals surface area (Å²) in [5.74, 6) is -2.65. The van der Waals surface area contributed by atoms with Gasteiger partial charge in [0.15, 0.2) is 8.24 Å². The molecule has 23 heavy (non-hydrogen) atoms. The number of carbonyl (C=O) groups is 3. The molecule has 1 N–H and O–H groups in total. The Morgan fingerprint density at radius 2 is 1.65 bits per heavy atom. The zero-order chi connectivity index (χ0) is 18.4. The number of amides is 1. The van der Waals surface area contributed by atoms with Crippen LogP contribution in [0.15, 0.2) is 0 Å². The van der Waals surface area contributed by atoms with E-state index in [1.807, 2.05) is 33.9 Å². The van der Waals surface area contributed by atoms with Gasteiger partial charge in [0.2, 0.25) is 5.91 Å². The van der Waals surface area contributed by atoms with Crippen LogP contribution in [0.5, 0.6) is 0 Å². The monoisotopic (exact) mass is 343 g/mol. The molecule has 0 unspecified atom stereocenters. The van der Waals surface area contributed by atoms with E-state index in [4.69, 9.17) is 4.74 Å². The second kappa shape index (κ2) is 5.92. The van der Waals surface area contributed by atoms with Gasteiger partial charge in [0.05, 0.1) is 12.3 Å². The first-order chi connectivity index (χ1) is 10.1. The summed E-state index contributed by atoms with van der Waals surface area (Å²) in [7, 11) is -2.30. The Bertz CT molecular complexity index is 516. The molecule has 0 aromatic heterocycles. The first-order valence-corrected chi connectivity index (χ1v) is 10.8. The van der Waals surface area contributed by atoms with Crippen LogP contribution in [-0.2, 0) is 19.1 Å². The first kappa shape index (κ1) is 19.7. The van der Waals surface area contributed by atoms with Crippen LogP contribution in [0.25, 0.3) is 0 Å². The second-order valence-electron chi connectivity index (χ2n) is 8.70. The minimum absolute atomic E-state index is 0.159. The highest BCUT2D eigenvalue weighted by Crippen LogP contribution is 2.45. The maximum Gasteiger partial charge on any atom is 0.326 e. The number of rotatable bonds is 4. The molecule has 2 atom stereocenters. The van der Waals surface area contributed by atoms with Crippen LogP contribution < -0.4 is 0 Å². The third-order valence-electron chi connectivity index (χ3n) is 4.71. The Labute approximate surface area is 139 Å². The molecular formula is C16H29NO5Si. The Hall–Kier alpha value is -1.37. The SMILES string of the molecule is CC(C)(C)OC(=O)C[C@H]1C(=O)N([Si](C)(C)C(C)(C)C)[C@@H]1C(=O)O. The molecule has 1 rings (SSSR count). The number of nitrogens with zero attached hydrogens (tertiary/aromatic N) is 1. The van der Waals surface area contributed by atoms with Crippen LogP contribution in [0.1, 0.15) is 48.0 Å². The number of hydrogen-bond acceptors (Lipinski definition) is 4. The standard InChI is InChI=1S/C16H29NO5Si/c1-15(2,3)22-11(18)9-10-12(14(20)21)17(13(10)19)23(7,8)16(4,5)6/h10,12H,9H2,1-8H3,(H,20,21)/t10-,12+/m1/s1. The van der Waals surface area contributed by atoms with Crippen LogP contribution in [0.2, 0.25) is 18.1 Å². The van der Waals surface area contributed by atoms with Crippen molar-refractivity contribution in [3.05, 3.63) is 0 Å². The molecule has 0 radical (unpaired) electrons. The largest absolute Gasteiger partial charge is 0.480 e. The quantitative estimate of drug-likeness (QED) is 0.482. The molecule has 0 aromatic carbocycles. The number of aliphatic carboxylic acids is 1. The van der Waals surface area contributed by atoms with E-state index in [9.17, 15) is 19.5 Å². The predicted octanol–water partition coefficient (Wildman–Crippen LogP) is 2.63. The maximum absolute atomic E-state index is 12.6. The van der Waals surface area contributed by atoms with Crippen molar-refractivity contribution in [3.8, 4) is 0 Å². The molecule has 1 aliphatic rings. The van der Waals surface area contributed by atoms with Crippen LogP contribution in [0, 0.1) is 5.92 Å². The molecule has 0 aromatic rings. The van der Waals surface area contributed by atoms with Gasteiger partial charge in [-0.15, -0.1) is 0 Å². The molecule has 1 heterocycles. The summed E-state index contributed by atoms with van der Waals surface area (Å²) < 4.78 is 6.75. The summed E-state index contributed by atoms with van der Waals surface area (Å²) in [4.78, 5) is 36.2. The fourth-order valence-electron chi connectivity index (χ4n) is 2.58. The van der Waals surface area contributed by atoms with Gasteiger partial charge in [0.25, 0.3) is 0 Å². The van der Waals surface area contributed by atoms with Crippen molar-refractivity contribution in [1.29, 1.82) is 0 Å². The van der Waals surface area contributed by atoms with Crippen LogP contribution in [0.4, 0.5) is 0 Å². The van der Waals surface area contributed by atoms with Crippen molar-refractivity contribution < 1.29 is 24.2 Å². The van der Waals surface area contributed by atoms with Crippen molar-refractivity contribution in [2.75, 3.05) is 0 Å². The van der Waals surface area contributed by atoms with E-state index in [2.05, 4.69) is 0 Å². The summed E-state index contributed by atoms with van der Waals surface area (Å²) in [6.45, 7) is 15.3. The van der Waals surface area contributed by atoms with Crippen LogP contribution in [-0.4, -0.2) is 47.4 Å². The van der Waals surface area contributed by atoms with Gasteiger partial charge >= 0.3 is 11.9 Å². The maximum atomic E-state index is 12.6. The lowest BCUT2D eigenvalue weighted by atomic mass is 9.87. The summed E-state index contributed by atoms with van der Waals surface area (Å²) in [6.07, 6.45) is -0.182. The predicted molar refractivity (Wildman–Crippen MR) is 89.4 cm³/mol. The van der Waals surface area contributed by atoms with Crippen LogP contribution >= 0.6 is 0 Å². The highest BCUT2D eigenvalue weighted by atomic mass is 28.3. The molecular weight excluding hydrogens is 314 g/mol. The topological polar surface area (TPSA) is 83.9 Å². The molecule has 1 saturated heterocycles. The van der Waals surface area contributed by atoms with E-state index >= 15 is 0 Å². The number of esters is 1. The van der Waals surface area contributed by atoms with E-state index in [0.29, 0.717) is 0 Å². The van der Waals surface area contributed by atoms with Gasteiger partial charge in [-0.1, -0.05) is 33.9 Å². The van der Waals surface area contributed by atoms with Crippen LogP contribution in [0.3, 0.4) is 0 Å². The lowest BCUT2D eigenvalue weighted by molar-refractivity contribution is -0.170. The Morgan fingerprint density at radius 1 is 1.17 bits per heavy atom. The Morgan fingerprint density at radius 3 is 2.00 bits per heavy atom. The van der Waals surface area contributed by atoms with E-state index in [0.717, 1.165) is 0 Å². The van der Waals surface area contributed by atoms with Gasteiger partial charge < -0.3 is 14.4 Å². The minimum Gasteiger partial charge on any atom is -0.480 e. The van der Waals surface area contributed by atoms with Gasteiger partial charge in [0, 0.05) is 0 Å². The van der Waals surface area contributed by atoms with Crippen molar-refractivity contribution in [3.63, 3.8) is 0 Å². The van der Waals surface area contributed by atoms with E-state index in [1.54, 1.807) is 20.8 Å². The zero-order valence-electron chi connectivity index (χ0n) is 15.4. The minimum atomic E-state index is -2.30. The van der Waals surface area contributed by atoms with E-state index in [1.165, 1.54) is 4.57 Å². The van der Waals surface area contributed by atoms with Crippen molar-refractivity contribution in [2.24, 2.45) is 5.92 Å². The number of carboxylic acid groups (broad SMARTS) is 1. The highest BCUT2D eigenvalue weighted by Gasteiger charge is 2.60. The van der Waals surface area contributed by atoms with Gasteiger partial charge in [-0.05, 0) is 25.8 Å². The van der Waals surface area contributed by atoms with Gasteiger partial charge in [-0.3, -0.25) is 9.59 Å². The van der Waals surface area contributed by atoms with Crippen molar-refractivity contribution in [2.45, 2.75) is 77.7 Å². The molecule has 0 spiro atoms. The van der Waals surface area contributed by atoms with Crippen molar-refractivity contribution >= 4 is 26.1 Å². The summed E-state index contributed by atoms with van der Waals surface area (Å²) in [5.41, 5.74) is -0.651. The Kier molecular flexibility index (Phi) is 5.07. The molecule has 0 bridgehead atoms. The smallest absolute Gasteiger partial charge is 0.326 e. The average Bonchev–Trinajstić information content (AvgIpc) is 2.27.